The smallest absolute Gasteiger partial charge is 0.267 e. The van der Waals surface area contributed by atoms with Crippen molar-refractivity contribution >= 4 is 10.1 Å². The van der Waals surface area contributed by atoms with E-state index in [4.69, 9.17) is 0 Å². The molecule has 0 saturated carbocycles. The van der Waals surface area contributed by atoms with E-state index in [0.717, 1.165) is 0 Å². The van der Waals surface area contributed by atoms with Gasteiger partial charge in [0.05, 0.1) is 7.11 Å². The van der Waals surface area contributed by atoms with Crippen molar-refractivity contribution in [2.45, 2.75) is 5.75 Å². The van der Waals surface area contributed by atoms with Gasteiger partial charge >= 0.3 is 0 Å². The predicted octanol–water partition coefficient (Wildman–Crippen LogP) is 1.32. The fourth-order valence-electron chi connectivity index (χ4n) is 0.820. The summed E-state index contributed by atoms with van der Waals surface area (Å²) < 4.78 is 25.8. The fourth-order valence-corrected chi connectivity index (χ4v) is 1.50. The van der Waals surface area contributed by atoms with Crippen LogP contribution in [-0.4, -0.2) is 8.42 Å². The maximum Gasteiger partial charge on any atom is 0.271 e. The third-order valence-electron chi connectivity index (χ3n) is 1.37. The Morgan fingerprint density at radius 2 is 1.83 bits per heavy atom. The Morgan fingerprint density at radius 1 is 1.25 bits per heavy atom. The average Bonchev–Trinajstić information content (AvgIpc) is 2.06. The predicted molar refractivity (Wildman–Crippen MR) is 45.5 cm³/mol. The zero-order valence-electron chi connectivity index (χ0n) is 6.43. The molecule has 0 spiro atoms. The SMILES string of the molecule is [CH2]OS(=O)(=O)Cc1ccccc1. The highest BCUT2D eigenvalue weighted by molar-refractivity contribution is 7.85. The lowest BCUT2D eigenvalue weighted by Crippen LogP contribution is -2.04. The first-order valence-corrected chi connectivity index (χ1v) is 4.92. The minimum atomic E-state index is -3.48. The molecule has 4 heteroatoms. The Labute approximate surface area is 72.1 Å². The van der Waals surface area contributed by atoms with Crippen molar-refractivity contribution in [1.29, 1.82) is 0 Å². The van der Waals surface area contributed by atoms with Gasteiger partial charge in [0, 0.05) is 0 Å². The summed E-state index contributed by atoms with van der Waals surface area (Å²) in [6.45, 7) is 0. The Hall–Kier alpha value is -0.870. The number of hydrogen-bond acceptors (Lipinski definition) is 3. The first-order chi connectivity index (χ1) is 5.64. The van der Waals surface area contributed by atoms with Crippen LogP contribution in [0.15, 0.2) is 30.3 Å². The molecule has 0 N–H and O–H groups in total. The minimum Gasteiger partial charge on any atom is -0.267 e. The molecule has 0 unspecified atom stereocenters. The van der Waals surface area contributed by atoms with Gasteiger partial charge in [-0.1, -0.05) is 30.3 Å². The standard InChI is InChI=1S/C8H9O3S/c1-11-12(9,10)7-8-5-3-2-4-6-8/h2-6H,1,7H2. The van der Waals surface area contributed by atoms with Crippen LogP contribution in [0.5, 0.6) is 0 Å². The second kappa shape index (κ2) is 3.69. The van der Waals surface area contributed by atoms with E-state index in [1.165, 1.54) is 0 Å². The van der Waals surface area contributed by atoms with Crippen LogP contribution >= 0.6 is 0 Å². The van der Waals surface area contributed by atoms with Crippen molar-refractivity contribution in [1.82, 2.24) is 0 Å². The second-order valence-electron chi connectivity index (χ2n) is 2.31. The van der Waals surface area contributed by atoms with Gasteiger partial charge in [0.1, 0.15) is 5.75 Å². The normalized spacial score (nSPS) is 11.4. The molecular formula is C8H9O3S. The Kier molecular flexibility index (Phi) is 2.83. The highest BCUT2D eigenvalue weighted by Gasteiger charge is 2.08. The first kappa shape index (κ1) is 9.22. The Bertz CT molecular complexity index is 329. The van der Waals surface area contributed by atoms with Gasteiger partial charge in [0.2, 0.25) is 0 Å². The molecule has 0 bridgehead atoms. The zero-order chi connectivity index (χ0) is 9.03. The Morgan fingerprint density at radius 3 is 2.33 bits per heavy atom. The van der Waals surface area contributed by atoms with E-state index in [-0.39, 0.29) is 5.75 Å². The molecule has 1 aromatic rings. The lowest BCUT2D eigenvalue weighted by atomic mass is 10.2. The van der Waals surface area contributed by atoms with Gasteiger partial charge in [-0.05, 0) is 5.56 Å². The molecule has 1 rings (SSSR count). The van der Waals surface area contributed by atoms with Crippen LogP contribution in [0.4, 0.5) is 0 Å². The van der Waals surface area contributed by atoms with Gasteiger partial charge in [-0.3, -0.25) is 4.18 Å². The van der Waals surface area contributed by atoms with Crippen LogP contribution in [0.3, 0.4) is 0 Å². The van der Waals surface area contributed by atoms with Gasteiger partial charge in [0.15, 0.2) is 0 Å². The van der Waals surface area contributed by atoms with Gasteiger partial charge in [0.25, 0.3) is 10.1 Å². The highest BCUT2D eigenvalue weighted by atomic mass is 32.2. The van der Waals surface area contributed by atoms with Crippen molar-refractivity contribution in [2.24, 2.45) is 0 Å². The fraction of sp³-hybridized carbons (Fsp3) is 0.125. The van der Waals surface area contributed by atoms with Crippen LogP contribution in [0.1, 0.15) is 5.56 Å². The molecule has 1 aromatic carbocycles. The van der Waals surface area contributed by atoms with E-state index >= 15 is 0 Å². The van der Waals surface area contributed by atoms with Crippen LogP contribution in [0, 0.1) is 7.11 Å². The van der Waals surface area contributed by atoms with Gasteiger partial charge in [-0.15, -0.1) is 0 Å². The molecule has 0 saturated heterocycles. The summed E-state index contributed by atoms with van der Waals surface area (Å²) in [5, 5.41) is 0. The molecule has 0 heterocycles. The molecule has 0 amide bonds. The maximum atomic E-state index is 10.9. The van der Waals surface area contributed by atoms with Crippen molar-refractivity contribution in [2.75, 3.05) is 0 Å². The van der Waals surface area contributed by atoms with Crippen molar-refractivity contribution in [3.8, 4) is 0 Å². The molecule has 65 valence electrons. The molecule has 3 nitrogen and oxygen atoms in total. The quantitative estimate of drug-likeness (QED) is 0.667. The molecule has 0 fully saturated rings. The third kappa shape index (κ3) is 2.64. The molecular weight excluding hydrogens is 176 g/mol. The lowest BCUT2D eigenvalue weighted by molar-refractivity contribution is 0.437. The first-order valence-electron chi connectivity index (χ1n) is 3.34. The lowest BCUT2D eigenvalue weighted by Gasteiger charge is -1.99. The van der Waals surface area contributed by atoms with Gasteiger partial charge in [-0.25, -0.2) is 0 Å². The summed E-state index contributed by atoms with van der Waals surface area (Å²) in [6.07, 6.45) is 0. The van der Waals surface area contributed by atoms with E-state index in [0.29, 0.717) is 5.56 Å². The number of benzene rings is 1. The van der Waals surface area contributed by atoms with E-state index in [1.54, 1.807) is 24.3 Å². The van der Waals surface area contributed by atoms with E-state index in [9.17, 15) is 8.42 Å². The van der Waals surface area contributed by atoms with E-state index in [1.807, 2.05) is 6.07 Å². The summed E-state index contributed by atoms with van der Waals surface area (Å²) in [5.41, 5.74) is 0.696. The Balaban J connectivity index is 2.78. The summed E-state index contributed by atoms with van der Waals surface area (Å²) in [7, 11) is -0.618. The molecule has 12 heavy (non-hydrogen) atoms. The van der Waals surface area contributed by atoms with Gasteiger partial charge < -0.3 is 0 Å². The van der Waals surface area contributed by atoms with Crippen LogP contribution < -0.4 is 0 Å². The number of hydrogen-bond donors (Lipinski definition) is 0. The summed E-state index contributed by atoms with van der Waals surface area (Å²) in [6, 6.07) is 8.80. The molecule has 1 radical (unpaired) electrons. The summed E-state index contributed by atoms with van der Waals surface area (Å²) >= 11 is 0. The van der Waals surface area contributed by atoms with Crippen molar-refractivity contribution in [3.63, 3.8) is 0 Å². The third-order valence-corrected chi connectivity index (χ3v) is 2.41. The molecule has 0 aliphatic carbocycles. The second-order valence-corrected chi connectivity index (χ2v) is 3.95. The maximum absolute atomic E-state index is 10.9. The summed E-state index contributed by atoms with van der Waals surface area (Å²) in [4.78, 5) is 0. The topological polar surface area (TPSA) is 43.4 Å². The molecule has 0 aliphatic rings. The minimum absolute atomic E-state index is 0.128. The van der Waals surface area contributed by atoms with Crippen molar-refractivity contribution in [3.05, 3.63) is 43.0 Å². The molecule has 0 aromatic heterocycles. The highest BCUT2D eigenvalue weighted by Crippen LogP contribution is 2.05. The van der Waals surface area contributed by atoms with E-state index in [2.05, 4.69) is 11.3 Å². The van der Waals surface area contributed by atoms with E-state index < -0.39 is 10.1 Å². The average molecular weight is 185 g/mol. The summed E-state index contributed by atoms with van der Waals surface area (Å²) in [5.74, 6) is -0.128. The zero-order valence-corrected chi connectivity index (χ0v) is 7.25. The van der Waals surface area contributed by atoms with Crippen LogP contribution in [-0.2, 0) is 20.1 Å². The largest absolute Gasteiger partial charge is 0.271 e. The molecule has 0 aliphatic heterocycles. The molecule has 0 atom stereocenters. The number of rotatable bonds is 3. The van der Waals surface area contributed by atoms with Crippen LogP contribution in [0.2, 0.25) is 0 Å². The van der Waals surface area contributed by atoms with Gasteiger partial charge in [-0.2, -0.15) is 8.42 Å². The monoisotopic (exact) mass is 185 g/mol. The van der Waals surface area contributed by atoms with Crippen LogP contribution in [0.25, 0.3) is 0 Å². The van der Waals surface area contributed by atoms with Crippen molar-refractivity contribution < 1.29 is 12.6 Å².